The molecule has 3 nitrogen and oxygen atoms in total. The van der Waals surface area contributed by atoms with Crippen LogP contribution in [0.1, 0.15) is 27.9 Å². The van der Waals surface area contributed by atoms with Gasteiger partial charge in [0.05, 0.1) is 0 Å². The SMILES string of the molecule is CNc1ccc(C(=O)N2CCCc3cc(C)ccc32)cc1. The molecule has 0 saturated heterocycles. The summed E-state index contributed by atoms with van der Waals surface area (Å²) in [6.07, 6.45) is 2.08. The van der Waals surface area contributed by atoms with Gasteiger partial charge >= 0.3 is 0 Å². The van der Waals surface area contributed by atoms with Crippen LogP contribution in [-0.4, -0.2) is 19.5 Å². The molecule has 2 aromatic rings. The molecule has 108 valence electrons. The predicted molar refractivity (Wildman–Crippen MR) is 87.2 cm³/mol. The molecule has 0 bridgehead atoms. The number of rotatable bonds is 2. The Bertz CT molecular complexity index is 661. The van der Waals surface area contributed by atoms with Gasteiger partial charge in [-0.25, -0.2) is 0 Å². The van der Waals surface area contributed by atoms with Crippen LogP contribution in [0.5, 0.6) is 0 Å². The zero-order valence-corrected chi connectivity index (χ0v) is 12.5. The van der Waals surface area contributed by atoms with Crippen LogP contribution in [0.2, 0.25) is 0 Å². The monoisotopic (exact) mass is 280 g/mol. The second-order valence-electron chi connectivity index (χ2n) is 5.52. The summed E-state index contributed by atoms with van der Waals surface area (Å²) >= 11 is 0. The van der Waals surface area contributed by atoms with Crippen molar-refractivity contribution in [2.24, 2.45) is 0 Å². The minimum absolute atomic E-state index is 0.0856. The van der Waals surface area contributed by atoms with Crippen LogP contribution >= 0.6 is 0 Å². The third-order valence-electron chi connectivity index (χ3n) is 4.02. The number of carbonyl (C=O) groups is 1. The summed E-state index contributed by atoms with van der Waals surface area (Å²) in [6, 6.07) is 14.0. The zero-order valence-electron chi connectivity index (χ0n) is 12.5. The van der Waals surface area contributed by atoms with Crippen LogP contribution in [0.25, 0.3) is 0 Å². The molecule has 0 radical (unpaired) electrons. The van der Waals surface area contributed by atoms with Crippen LogP contribution in [0.3, 0.4) is 0 Å². The van der Waals surface area contributed by atoms with Gasteiger partial charge < -0.3 is 10.2 Å². The largest absolute Gasteiger partial charge is 0.388 e. The maximum Gasteiger partial charge on any atom is 0.258 e. The first-order valence-electron chi connectivity index (χ1n) is 7.38. The summed E-state index contributed by atoms with van der Waals surface area (Å²) in [4.78, 5) is 14.7. The van der Waals surface area contributed by atoms with E-state index < -0.39 is 0 Å². The highest BCUT2D eigenvalue weighted by Gasteiger charge is 2.23. The molecular formula is C18H20N2O. The van der Waals surface area contributed by atoms with Gasteiger partial charge in [0.25, 0.3) is 5.91 Å². The molecule has 0 aromatic heterocycles. The minimum Gasteiger partial charge on any atom is -0.388 e. The van der Waals surface area contributed by atoms with Crippen molar-refractivity contribution in [3.63, 3.8) is 0 Å². The van der Waals surface area contributed by atoms with E-state index >= 15 is 0 Å². The van der Waals surface area contributed by atoms with Crippen LogP contribution in [0, 0.1) is 6.92 Å². The summed E-state index contributed by atoms with van der Waals surface area (Å²) in [6.45, 7) is 2.89. The highest BCUT2D eigenvalue weighted by atomic mass is 16.2. The molecule has 1 aliphatic heterocycles. The first-order chi connectivity index (χ1) is 10.2. The molecule has 0 unspecified atom stereocenters. The molecule has 2 aromatic carbocycles. The van der Waals surface area contributed by atoms with Gasteiger partial charge in [-0.1, -0.05) is 17.7 Å². The van der Waals surface area contributed by atoms with E-state index in [2.05, 4.69) is 30.4 Å². The van der Waals surface area contributed by atoms with Crippen LogP contribution < -0.4 is 10.2 Å². The van der Waals surface area contributed by atoms with E-state index in [1.807, 2.05) is 36.2 Å². The zero-order chi connectivity index (χ0) is 14.8. The van der Waals surface area contributed by atoms with Gasteiger partial charge in [-0.05, 0) is 55.7 Å². The summed E-state index contributed by atoms with van der Waals surface area (Å²) in [5.74, 6) is 0.0856. The normalized spacial score (nSPS) is 13.7. The average Bonchev–Trinajstić information content (AvgIpc) is 2.53. The molecule has 21 heavy (non-hydrogen) atoms. The number of benzene rings is 2. The van der Waals surface area contributed by atoms with Gasteiger partial charge in [0.15, 0.2) is 0 Å². The van der Waals surface area contributed by atoms with Crippen molar-refractivity contribution in [3.05, 3.63) is 59.2 Å². The number of nitrogens with one attached hydrogen (secondary N) is 1. The Kier molecular flexibility index (Phi) is 3.65. The molecule has 1 heterocycles. The Morgan fingerprint density at radius 1 is 1.14 bits per heavy atom. The lowest BCUT2D eigenvalue weighted by Crippen LogP contribution is -2.35. The van der Waals surface area contributed by atoms with Crippen molar-refractivity contribution in [3.8, 4) is 0 Å². The van der Waals surface area contributed by atoms with Crippen molar-refractivity contribution in [2.45, 2.75) is 19.8 Å². The molecule has 3 rings (SSSR count). The number of aryl methyl sites for hydroxylation is 2. The molecule has 1 N–H and O–H groups in total. The van der Waals surface area contributed by atoms with E-state index in [4.69, 9.17) is 0 Å². The lowest BCUT2D eigenvalue weighted by atomic mass is 9.99. The number of carbonyl (C=O) groups excluding carboxylic acids is 1. The lowest BCUT2D eigenvalue weighted by molar-refractivity contribution is 0.0985. The maximum absolute atomic E-state index is 12.8. The number of amides is 1. The maximum atomic E-state index is 12.8. The topological polar surface area (TPSA) is 32.3 Å². The van der Waals surface area contributed by atoms with Crippen molar-refractivity contribution in [1.29, 1.82) is 0 Å². The number of hydrogen-bond acceptors (Lipinski definition) is 2. The van der Waals surface area contributed by atoms with E-state index in [-0.39, 0.29) is 5.91 Å². The van der Waals surface area contributed by atoms with E-state index in [1.165, 1.54) is 11.1 Å². The van der Waals surface area contributed by atoms with E-state index in [0.717, 1.165) is 36.3 Å². The van der Waals surface area contributed by atoms with Crippen LogP contribution in [-0.2, 0) is 6.42 Å². The molecule has 1 amide bonds. The molecule has 0 spiro atoms. The smallest absolute Gasteiger partial charge is 0.258 e. The molecule has 1 aliphatic rings. The Morgan fingerprint density at radius 3 is 2.62 bits per heavy atom. The lowest BCUT2D eigenvalue weighted by Gasteiger charge is -2.30. The second kappa shape index (κ2) is 5.60. The summed E-state index contributed by atoms with van der Waals surface area (Å²) < 4.78 is 0. The standard InChI is InChI=1S/C18H20N2O/c1-13-5-10-17-15(12-13)4-3-11-20(17)18(21)14-6-8-16(19-2)9-7-14/h5-10,12,19H,3-4,11H2,1-2H3. The second-order valence-corrected chi connectivity index (χ2v) is 5.52. The van der Waals surface area contributed by atoms with E-state index in [0.29, 0.717) is 0 Å². The van der Waals surface area contributed by atoms with Crippen molar-refractivity contribution >= 4 is 17.3 Å². The van der Waals surface area contributed by atoms with Crippen molar-refractivity contribution in [2.75, 3.05) is 23.8 Å². The quantitative estimate of drug-likeness (QED) is 0.911. The van der Waals surface area contributed by atoms with Crippen LogP contribution in [0.4, 0.5) is 11.4 Å². The van der Waals surface area contributed by atoms with Gasteiger partial charge in [0.1, 0.15) is 0 Å². The first kappa shape index (κ1) is 13.7. The molecule has 0 saturated carbocycles. The molecule has 0 atom stereocenters. The van der Waals surface area contributed by atoms with Crippen molar-refractivity contribution < 1.29 is 4.79 Å². The fraction of sp³-hybridized carbons (Fsp3) is 0.278. The minimum atomic E-state index is 0.0856. The number of nitrogens with zero attached hydrogens (tertiary/aromatic N) is 1. The van der Waals surface area contributed by atoms with E-state index in [1.54, 1.807) is 0 Å². The first-order valence-corrected chi connectivity index (χ1v) is 7.38. The van der Waals surface area contributed by atoms with Gasteiger partial charge in [-0.15, -0.1) is 0 Å². The number of fused-ring (bicyclic) bond motifs is 1. The highest BCUT2D eigenvalue weighted by molar-refractivity contribution is 6.06. The number of hydrogen-bond donors (Lipinski definition) is 1. The molecule has 3 heteroatoms. The predicted octanol–water partition coefficient (Wildman–Crippen LogP) is 3.63. The Morgan fingerprint density at radius 2 is 1.90 bits per heavy atom. The fourth-order valence-corrected chi connectivity index (χ4v) is 2.87. The molecule has 0 aliphatic carbocycles. The Labute approximate surface area is 125 Å². The van der Waals surface area contributed by atoms with E-state index in [9.17, 15) is 4.79 Å². The van der Waals surface area contributed by atoms with Gasteiger partial charge in [-0.2, -0.15) is 0 Å². The van der Waals surface area contributed by atoms with Gasteiger partial charge in [0.2, 0.25) is 0 Å². The Hall–Kier alpha value is -2.29. The highest BCUT2D eigenvalue weighted by Crippen LogP contribution is 2.29. The summed E-state index contributed by atoms with van der Waals surface area (Å²) in [5, 5.41) is 3.07. The average molecular weight is 280 g/mol. The Balaban J connectivity index is 1.92. The van der Waals surface area contributed by atoms with Crippen molar-refractivity contribution in [1.82, 2.24) is 0 Å². The third-order valence-corrected chi connectivity index (χ3v) is 4.02. The fourth-order valence-electron chi connectivity index (χ4n) is 2.87. The molecule has 0 fully saturated rings. The summed E-state index contributed by atoms with van der Waals surface area (Å²) in [5.41, 5.74) is 5.35. The molecular weight excluding hydrogens is 260 g/mol. The van der Waals surface area contributed by atoms with Gasteiger partial charge in [0, 0.05) is 30.5 Å². The third kappa shape index (κ3) is 2.64. The summed E-state index contributed by atoms with van der Waals surface area (Å²) in [7, 11) is 1.88. The number of anilines is 2. The van der Waals surface area contributed by atoms with Gasteiger partial charge in [-0.3, -0.25) is 4.79 Å². The van der Waals surface area contributed by atoms with Crippen LogP contribution in [0.15, 0.2) is 42.5 Å².